The molecule has 1 aromatic carbocycles. The van der Waals surface area contributed by atoms with Gasteiger partial charge in [-0.05, 0) is 50.7 Å². The van der Waals surface area contributed by atoms with E-state index >= 15 is 0 Å². The van der Waals surface area contributed by atoms with Gasteiger partial charge in [0.2, 0.25) is 5.91 Å². The minimum Gasteiger partial charge on any atom is -0.379 e. The van der Waals surface area contributed by atoms with Crippen molar-refractivity contribution in [2.24, 2.45) is 11.8 Å². The molecule has 0 saturated carbocycles. The summed E-state index contributed by atoms with van der Waals surface area (Å²) in [5.74, 6) is 1.48. The van der Waals surface area contributed by atoms with Gasteiger partial charge < -0.3 is 9.64 Å². The first-order valence-corrected chi connectivity index (χ1v) is 11.9. The zero-order chi connectivity index (χ0) is 21.7. The van der Waals surface area contributed by atoms with E-state index in [9.17, 15) is 9.59 Å². The van der Waals surface area contributed by atoms with E-state index in [1.807, 2.05) is 43.0 Å². The number of piperidine rings is 1. The molecule has 2 aromatic rings. The summed E-state index contributed by atoms with van der Waals surface area (Å²) in [6, 6.07) is 7.39. The third-order valence-corrected chi connectivity index (χ3v) is 6.31. The van der Waals surface area contributed by atoms with Crippen LogP contribution in [-0.2, 0) is 16.1 Å². The summed E-state index contributed by atoms with van der Waals surface area (Å²) in [6.45, 7) is 11.1. The molecule has 7 heteroatoms. The van der Waals surface area contributed by atoms with Crippen molar-refractivity contribution in [3.8, 4) is 0 Å². The third-order valence-electron chi connectivity index (χ3n) is 5.35. The summed E-state index contributed by atoms with van der Waals surface area (Å²) >= 11 is 1.36. The molecular formula is C23H33N3O3S. The highest BCUT2D eigenvalue weighted by molar-refractivity contribution is 7.99. The van der Waals surface area contributed by atoms with Gasteiger partial charge in [0.15, 0.2) is 5.16 Å². The van der Waals surface area contributed by atoms with Crippen LogP contribution in [0.3, 0.4) is 0 Å². The van der Waals surface area contributed by atoms with Gasteiger partial charge in [0, 0.05) is 26.2 Å². The number of carbonyl (C=O) groups excluding carboxylic acids is 1. The Morgan fingerprint density at radius 3 is 2.63 bits per heavy atom. The largest absolute Gasteiger partial charge is 0.379 e. The molecule has 6 nitrogen and oxygen atoms in total. The van der Waals surface area contributed by atoms with E-state index in [1.54, 1.807) is 4.57 Å². The molecule has 0 aliphatic carbocycles. The average Bonchev–Trinajstić information content (AvgIpc) is 2.70. The van der Waals surface area contributed by atoms with Crippen LogP contribution in [0, 0.1) is 11.8 Å². The lowest BCUT2D eigenvalue weighted by Gasteiger charge is -2.35. The fourth-order valence-electron chi connectivity index (χ4n) is 4.08. The number of benzene rings is 1. The second-order valence-electron chi connectivity index (χ2n) is 8.67. The highest BCUT2D eigenvalue weighted by Gasteiger charge is 2.25. The maximum absolute atomic E-state index is 13.1. The highest BCUT2D eigenvalue weighted by atomic mass is 32.2. The van der Waals surface area contributed by atoms with Gasteiger partial charge >= 0.3 is 0 Å². The Morgan fingerprint density at radius 2 is 1.93 bits per heavy atom. The summed E-state index contributed by atoms with van der Waals surface area (Å²) in [5.41, 5.74) is 0.618. The molecule has 1 aliphatic rings. The predicted molar refractivity (Wildman–Crippen MR) is 122 cm³/mol. The maximum Gasteiger partial charge on any atom is 0.262 e. The summed E-state index contributed by atoms with van der Waals surface area (Å²) in [4.78, 5) is 32.6. The average molecular weight is 432 g/mol. The maximum atomic E-state index is 13.1. The fraction of sp³-hybridized carbons (Fsp3) is 0.609. The van der Waals surface area contributed by atoms with Crippen LogP contribution in [0.5, 0.6) is 0 Å². The number of ether oxygens (including phenoxy) is 1. The van der Waals surface area contributed by atoms with Gasteiger partial charge in [0.1, 0.15) is 0 Å². The Labute approximate surface area is 183 Å². The monoisotopic (exact) mass is 431 g/mol. The first-order chi connectivity index (χ1) is 14.3. The highest BCUT2D eigenvalue weighted by Crippen LogP contribution is 2.23. The van der Waals surface area contributed by atoms with Crippen LogP contribution >= 0.6 is 11.8 Å². The van der Waals surface area contributed by atoms with Gasteiger partial charge in [-0.15, -0.1) is 0 Å². The van der Waals surface area contributed by atoms with E-state index in [0.29, 0.717) is 46.8 Å². The van der Waals surface area contributed by atoms with E-state index in [4.69, 9.17) is 9.72 Å². The number of rotatable bonds is 8. The quantitative estimate of drug-likeness (QED) is 0.361. The molecule has 1 amide bonds. The van der Waals surface area contributed by atoms with E-state index in [1.165, 1.54) is 18.2 Å². The molecule has 1 saturated heterocycles. The SMILES string of the molecule is CC1CC(C)CN(C(=O)CSc2nc3ccccc3c(=O)n2CCCOC(C)C)C1. The zero-order valence-electron chi connectivity index (χ0n) is 18.5. The van der Waals surface area contributed by atoms with Gasteiger partial charge in [-0.1, -0.05) is 37.7 Å². The number of likely N-dealkylation sites (tertiary alicyclic amines) is 1. The van der Waals surface area contributed by atoms with Crippen molar-refractivity contribution in [3.63, 3.8) is 0 Å². The second-order valence-corrected chi connectivity index (χ2v) is 9.62. The Balaban J connectivity index is 1.76. The predicted octanol–water partition coefficient (Wildman–Crippen LogP) is 3.81. The van der Waals surface area contributed by atoms with Crippen molar-refractivity contribution in [2.75, 3.05) is 25.4 Å². The fourth-order valence-corrected chi connectivity index (χ4v) is 5.01. The minimum atomic E-state index is -0.0553. The second kappa shape index (κ2) is 10.4. The number of thioether (sulfide) groups is 1. The number of nitrogens with zero attached hydrogens (tertiary/aromatic N) is 3. The van der Waals surface area contributed by atoms with E-state index in [0.717, 1.165) is 19.5 Å². The van der Waals surface area contributed by atoms with Crippen LogP contribution < -0.4 is 5.56 Å². The van der Waals surface area contributed by atoms with E-state index in [-0.39, 0.29) is 17.6 Å². The molecular weight excluding hydrogens is 398 g/mol. The number of hydrogen-bond donors (Lipinski definition) is 0. The van der Waals surface area contributed by atoms with Crippen LogP contribution in [0.1, 0.15) is 40.5 Å². The molecule has 2 heterocycles. The van der Waals surface area contributed by atoms with E-state index < -0.39 is 0 Å². The standard InChI is InChI=1S/C23H33N3O3S/c1-16(2)29-11-7-10-26-22(28)19-8-5-6-9-20(19)24-23(26)30-15-21(27)25-13-17(3)12-18(4)14-25/h5-6,8-9,16-18H,7,10-15H2,1-4H3. The number of hydrogen-bond acceptors (Lipinski definition) is 5. The molecule has 1 fully saturated rings. The lowest BCUT2D eigenvalue weighted by atomic mass is 9.92. The topological polar surface area (TPSA) is 64.4 Å². The molecule has 30 heavy (non-hydrogen) atoms. The van der Waals surface area contributed by atoms with Crippen LogP contribution in [0.2, 0.25) is 0 Å². The van der Waals surface area contributed by atoms with Crippen molar-refractivity contribution < 1.29 is 9.53 Å². The van der Waals surface area contributed by atoms with Gasteiger partial charge in [-0.25, -0.2) is 4.98 Å². The van der Waals surface area contributed by atoms with Crippen molar-refractivity contribution in [2.45, 2.75) is 58.3 Å². The zero-order valence-corrected chi connectivity index (χ0v) is 19.3. The number of carbonyl (C=O) groups is 1. The Hall–Kier alpha value is -1.86. The number of para-hydroxylation sites is 1. The van der Waals surface area contributed by atoms with Crippen LogP contribution in [0.4, 0.5) is 0 Å². The molecule has 1 aliphatic heterocycles. The Morgan fingerprint density at radius 1 is 1.23 bits per heavy atom. The Kier molecular flexibility index (Phi) is 7.94. The summed E-state index contributed by atoms with van der Waals surface area (Å²) in [7, 11) is 0. The van der Waals surface area contributed by atoms with Crippen molar-refractivity contribution in [1.29, 1.82) is 0 Å². The Bertz CT molecular complexity index is 918. The molecule has 0 N–H and O–H groups in total. The lowest BCUT2D eigenvalue weighted by molar-refractivity contribution is -0.130. The number of amides is 1. The number of aromatic nitrogens is 2. The molecule has 0 spiro atoms. The van der Waals surface area contributed by atoms with Crippen LogP contribution in [0.15, 0.2) is 34.2 Å². The van der Waals surface area contributed by atoms with Gasteiger partial charge in [0.05, 0.1) is 22.8 Å². The smallest absolute Gasteiger partial charge is 0.262 e. The molecule has 2 atom stereocenters. The molecule has 164 valence electrons. The minimum absolute atomic E-state index is 0.0553. The molecule has 1 aromatic heterocycles. The molecule has 0 radical (unpaired) electrons. The van der Waals surface area contributed by atoms with Crippen molar-refractivity contribution >= 4 is 28.6 Å². The molecule has 0 bridgehead atoms. The van der Waals surface area contributed by atoms with Crippen molar-refractivity contribution in [3.05, 3.63) is 34.6 Å². The first kappa shape index (κ1) is 22.8. The van der Waals surface area contributed by atoms with Crippen LogP contribution in [0.25, 0.3) is 10.9 Å². The summed E-state index contributed by atoms with van der Waals surface area (Å²) in [5, 5.41) is 1.21. The third kappa shape index (κ3) is 5.85. The van der Waals surface area contributed by atoms with Gasteiger partial charge in [-0.2, -0.15) is 0 Å². The number of fused-ring (bicyclic) bond motifs is 1. The van der Waals surface area contributed by atoms with E-state index in [2.05, 4.69) is 13.8 Å². The van der Waals surface area contributed by atoms with Gasteiger partial charge in [0.25, 0.3) is 5.56 Å². The van der Waals surface area contributed by atoms with Crippen molar-refractivity contribution in [1.82, 2.24) is 14.5 Å². The molecule has 2 unspecified atom stereocenters. The van der Waals surface area contributed by atoms with Crippen LogP contribution in [-0.4, -0.2) is 51.9 Å². The molecule has 3 rings (SSSR count). The lowest BCUT2D eigenvalue weighted by Crippen LogP contribution is -2.43. The summed E-state index contributed by atoms with van der Waals surface area (Å²) < 4.78 is 7.32. The normalized spacial score (nSPS) is 19.6. The van der Waals surface area contributed by atoms with Gasteiger partial charge in [-0.3, -0.25) is 14.2 Å². The first-order valence-electron chi connectivity index (χ1n) is 10.9. The summed E-state index contributed by atoms with van der Waals surface area (Å²) in [6.07, 6.45) is 2.05.